The van der Waals surface area contributed by atoms with Crippen molar-refractivity contribution in [1.82, 2.24) is 8.96 Å². The normalized spacial score (nSPS) is 11.5. The number of aromatic nitrogens is 2. The molecule has 4 nitrogen and oxygen atoms in total. The Morgan fingerprint density at radius 3 is 1.97 bits per heavy atom. The molecule has 2 heterocycles. The van der Waals surface area contributed by atoms with Crippen LogP contribution in [0.15, 0.2) is 59.9 Å². The van der Waals surface area contributed by atoms with E-state index >= 15 is 0 Å². The third-order valence-corrected chi connectivity index (χ3v) is 17.5. The van der Waals surface area contributed by atoms with E-state index in [1.165, 1.54) is 65.0 Å². The minimum atomic E-state index is -3.55. The van der Waals surface area contributed by atoms with Gasteiger partial charge < -0.3 is 0 Å². The van der Waals surface area contributed by atoms with Gasteiger partial charge >= 0.3 is 217 Å². The van der Waals surface area contributed by atoms with Crippen LogP contribution in [0.3, 0.4) is 0 Å². The third kappa shape index (κ3) is 8.04. The first kappa shape index (κ1) is 27.7. The molecule has 0 saturated heterocycles. The number of fused-ring (bicyclic) bond motifs is 1. The Labute approximate surface area is 215 Å². The second kappa shape index (κ2) is 14.7. The van der Waals surface area contributed by atoms with Crippen molar-refractivity contribution in [1.29, 1.82) is 0 Å². The van der Waals surface area contributed by atoms with Gasteiger partial charge in [-0.2, -0.15) is 0 Å². The Hall–Kier alpha value is -0.543. The molecule has 7 heteroatoms. The van der Waals surface area contributed by atoms with E-state index in [1.54, 1.807) is 62.2 Å². The van der Waals surface area contributed by atoms with Gasteiger partial charge in [-0.3, -0.25) is 0 Å². The summed E-state index contributed by atoms with van der Waals surface area (Å²) in [5.74, 6) is 0. The molecule has 0 saturated carbocycles. The molecule has 4 radical (unpaired) electrons. The summed E-state index contributed by atoms with van der Waals surface area (Å²) in [5.41, 5.74) is 0.623. The molecule has 0 aliphatic carbocycles. The summed E-state index contributed by atoms with van der Waals surface area (Å²) in [5, 5.41) is 0.938. The molecular formula is C25H36N2O2SSn2. The SMILES string of the molecule is CCC[CH2][Sn]([CH2]CCC)[CH2]CCC.O=S(=O)(c1ccccc1)n1ccc2[c]([Sn])cncc21. The van der Waals surface area contributed by atoms with Crippen molar-refractivity contribution in [2.24, 2.45) is 0 Å². The van der Waals surface area contributed by atoms with Gasteiger partial charge in [0.2, 0.25) is 0 Å². The third-order valence-electron chi connectivity index (χ3n) is 5.53. The van der Waals surface area contributed by atoms with E-state index in [4.69, 9.17) is 0 Å². The van der Waals surface area contributed by atoms with Crippen LogP contribution in [0.4, 0.5) is 0 Å². The second-order valence-corrected chi connectivity index (χ2v) is 20.0. The first-order valence-corrected chi connectivity index (χ1v) is 20.7. The van der Waals surface area contributed by atoms with Crippen molar-refractivity contribution < 1.29 is 8.42 Å². The Morgan fingerprint density at radius 2 is 1.44 bits per heavy atom. The zero-order valence-corrected chi connectivity index (χ0v) is 26.2. The van der Waals surface area contributed by atoms with E-state index in [1.807, 2.05) is 6.07 Å². The van der Waals surface area contributed by atoms with Crippen LogP contribution in [0, 0.1) is 0 Å². The molecular weight excluding hydrogens is 630 g/mol. The van der Waals surface area contributed by atoms with Crippen LogP contribution in [-0.4, -0.2) is 59.7 Å². The number of benzene rings is 1. The summed E-state index contributed by atoms with van der Waals surface area (Å²) < 4.78 is 32.5. The van der Waals surface area contributed by atoms with E-state index in [9.17, 15) is 8.42 Å². The Morgan fingerprint density at radius 1 is 0.875 bits per heavy atom. The standard InChI is InChI=1S/C13H9N2O2S.3C4H9.2Sn/c16-18(17,12-4-2-1-3-5-12)15-9-7-11-6-8-14-10-13(11)15;3*1-3-4-2;;/h1-5,7-10H;3*1,3-4H2,2H3;;. The monoisotopic (exact) mass is 668 g/mol. The van der Waals surface area contributed by atoms with Crippen LogP contribution in [-0.2, 0) is 10.0 Å². The molecule has 3 rings (SSSR count). The van der Waals surface area contributed by atoms with E-state index in [-0.39, 0.29) is 4.90 Å². The molecule has 0 unspecified atom stereocenters. The predicted octanol–water partition coefficient (Wildman–Crippen LogP) is 5.95. The number of unbranched alkanes of at least 4 members (excludes halogenated alkanes) is 3. The first-order valence-electron chi connectivity index (χ1n) is 11.8. The maximum atomic E-state index is 12.6. The quantitative estimate of drug-likeness (QED) is 0.238. The van der Waals surface area contributed by atoms with E-state index in [0.29, 0.717) is 5.52 Å². The molecule has 172 valence electrons. The van der Waals surface area contributed by atoms with Gasteiger partial charge in [0.1, 0.15) is 0 Å². The molecule has 0 bridgehead atoms. The van der Waals surface area contributed by atoms with Crippen molar-refractivity contribution in [3.63, 3.8) is 0 Å². The van der Waals surface area contributed by atoms with Gasteiger partial charge in [0.15, 0.2) is 0 Å². The molecule has 0 aliphatic rings. The van der Waals surface area contributed by atoms with Gasteiger partial charge in [-0.15, -0.1) is 0 Å². The molecule has 0 amide bonds. The average molecular weight is 666 g/mol. The van der Waals surface area contributed by atoms with Gasteiger partial charge in [-0.25, -0.2) is 0 Å². The molecule has 0 spiro atoms. The number of hydrogen-bond donors (Lipinski definition) is 0. The van der Waals surface area contributed by atoms with Gasteiger partial charge in [-0.1, -0.05) is 0 Å². The number of pyridine rings is 1. The van der Waals surface area contributed by atoms with Gasteiger partial charge in [0.25, 0.3) is 0 Å². The molecule has 1 aromatic carbocycles. The summed E-state index contributed by atoms with van der Waals surface area (Å²) in [6, 6.07) is 10.2. The second-order valence-electron chi connectivity index (χ2n) is 8.11. The summed E-state index contributed by atoms with van der Waals surface area (Å²) in [4.78, 5) is 4.37. The fraction of sp³-hybridized carbons (Fsp3) is 0.480. The van der Waals surface area contributed by atoms with Gasteiger partial charge in [-0.05, 0) is 0 Å². The van der Waals surface area contributed by atoms with Crippen LogP contribution >= 0.6 is 0 Å². The van der Waals surface area contributed by atoms with Crippen molar-refractivity contribution in [3.8, 4) is 0 Å². The Balaban J connectivity index is 0.000000247. The van der Waals surface area contributed by atoms with Gasteiger partial charge in [0.05, 0.1) is 0 Å². The average Bonchev–Trinajstić information content (AvgIpc) is 3.26. The molecule has 2 aromatic heterocycles. The molecule has 32 heavy (non-hydrogen) atoms. The van der Waals surface area contributed by atoms with Crippen molar-refractivity contribution >= 4 is 66.8 Å². The van der Waals surface area contributed by atoms with Crippen LogP contribution < -0.4 is 3.58 Å². The first-order chi connectivity index (χ1) is 15.5. The summed E-state index contributed by atoms with van der Waals surface area (Å²) in [7, 11) is -3.55. The molecule has 3 aromatic rings. The minimum absolute atomic E-state index is 0.280. The van der Waals surface area contributed by atoms with Crippen LogP contribution in [0.5, 0.6) is 0 Å². The molecule has 0 fully saturated rings. The Bertz CT molecular complexity index is 1020. The predicted molar refractivity (Wildman–Crippen MR) is 139 cm³/mol. The van der Waals surface area contributed by atoms with Crippen LogP contribution in [0.25, 0.3) is 10.9 Å². The molecule has 0 N–H and O–H groups in total. The Kier molecular flexibility index (Phi) is 12.7. The van der Waals surface area contributed by atoms with E-state index < -0.39 is 29.8 Å². The molecule has 0 aliphatic heterocycles. The van der Waals surface area contributed by atoms with E-state index in [0.717, 1.165) is 8.97 Å². The van der Waals surface area contributed by atoms with E-state index in [2.05, 4.69) is 25.8 Å². The summed E-state index contributed by atoms with van der Waals surface area (Å²) >= 11 is 0.376. The number of nitrogens with zero attached hydrogens (tertiary/aromatic N) is 2. The molecule has 0 atom stereocenters. The summed E-state index contributed by atoms with van der Waals surface area (Å²) in [6.45, 7) is 7.00. The van der Waals surface area contributed by atoms with Crippen molar-refractivity contribution in [2.75, 3.05) is 0 Å². The van der Waals surface area contributed by atoms with Crippen molar-refractivity contribution in [2.45, 2.75) is 77.5 Å². The number of rotatable bonds is 11. The summed E-state index contributed by atoms with van der Waals surface area (Å²) in [6.07, 6.45) is 13.8. The van der Waals surface area contributed by atoms with Crippen molar-refractivity contribution in [3.05, 3.63) is 55.0 Å². The maximum absolute atomic E-state index is 12.6. The zero-order chi connectivity index (χ0) is 23.4. The topological polar surface area (TPSA) is 52.0 Å². The fourth-order valence-corrected chi connectivity index (χ4v) is 15.2. The fourth-order valence-electron chi connectivity index (χ4n) is 3.60. The van der Waals surface area contributed by atoms with Crippen LogP contribution in [0.1, 0.15) is 59.3 Å². The van der Waals surface area contributed by atoms with Crippen LogP contribution in [0.2, 0.25) is 13.3 Å². The zero-order valence-electron chi connectivity index (χ0n) is 19.7. The van der Waals surface area contributed by atoms with Gasteiger partial charge in [0, 0.05) is 0 Å². The number of hydrogen-bond acceptors (Lipinski definition) is 3.